The number of rotatable bonds is 5. The molecule has 1 N–H and O–H groups in total. The Morgan fingerprint density at radius 2 is 2.09 bits per heavy atom. The molecular weight excluding hydrogens is 288 g/mol. The second kappa shape index (κ2) is 7.18. The summed E-state index contributed by atoms with van der Waals surface area (Å²) in [7, 11) is 0. The molecule has 1 aliphatic rings. The first-order valence-electron chi connectivity index (χ1n) is 7.78. The number of carbonyl (C=O) groups is 1. The molecule has 1 aliphatic carbocycles. The van der Waals surface area contributed by atoms with Crippen molar-refractivity contribution < 1.29 is 18.3 Å². The van der Waals surface area contributed by atoms with Gasteiger partial charge in [-0.1, -0.05) is 30.3 Å². The molecule has 22 heavy (non-hydrogen) atoms. The molecule has 0 bridgehead atoms. The van der Waals surface area contributed by atoms with Gasteiger partial charge in [0.1, 0.15) is 0 Å². The summed E-state index contributed by atoms with van der Waals surface area (Å²) in [4.78, 5) is 12.0. The number of carbonyl (C=O) groups excluding carboxylic acids is 1. The summed E-state index contributed by atoms with van der Waals surface area (Å²) in [6, 6.07) is 9.47. The van der Waals surface area contributed by atoms with Gasteiger partial charge in [-0.25, -0.2) is 8.78 Å². The van der Waals surface area contributed by atoms with Crippen LogP contribution >= 0.6 is 0 Å². The largest absolute Gasteiger partial charge is 0.466 e. The first-order valence-corrected chi connectivity index (χ1v) is 7.78. The Balaban J connectivity index is 2.08. The highest BCUT2D eigenvalue weighted by molar-refractivity contribution is 5.73. The lowest BCUT2D eigenvalue weighted by Gasteiger charge is -2.36. The fourth-order valence-electron chi connectivity index (χ4n) is 2.99. The van der Waals surface area contributed by atoms with Crippen molar-refractivity contribution in [1.82, 2.24) is 5.32 Å². The van der Waals surface area contributed by atoms with Crippen molar-refractivity contribution >= 4 is 5.97 Å². The molecule has 0 aliphatic heterocycles. The van der Waals surface area contributed by atoms with Gasteiger partial charge in [-0.05, 0) is 25.8 Å². The number of hydrogen-bond donors (Lipinski definition) is 1. The van der Waals surface area contributed by atoms with E-state index in [-0.39, 0.29) is 31.5 Å². The lowest BCUT2D eigenvalue weighted by molar-refractivity contribution is -0.157. The molecule has 0 amide bonds. The van der Waals surface area contributed by atoms with Crippen LogP contribution in [0.4, 0.5) is 8.78 Å². The van der Waals surface area contributed by atoms with Gasteiger partial charge in [0.25, 0.3) is 0 Å². The minimum Gasteiger partial charge on any atom is -0.466 e. The predicted molar refractivity (Wildman–Crippen MR) is 80.7 cm³/mol. The Kier molecular flexibility index (Phi) is 5.51. The normalized spacial score (nSPS) is 25.5. The second-order valence-corrected chi connectivity index (χ2v) is 5.86. The van der Waals surface area contributed by atoms with Crippen LogP contribution in [0.3, 0.4) is 0 Å². The minimum atomic E-state index is -2.79. The Bertz CT molecular complexity index is 493. The summed E-state index contributed by atoms with van der Waals surface area (Å²) in [5.41, 5.74) is 1.07. The van der Waals surface area contributed by atoms with Crippen LogP contribution in [-0.4, -0.2) is 24.5 Å². The standard InChI is InChI=1S/C17H23F2NO2/c1-3-22-16(21)14-11-17(18,19)10-9-15(14)20-12(2)13-7-5-4-6-8-13/h4-8,12,14-15,20H,3,9-11H2,1-2H3/t12-,14?,15?/m0/s1. The van der Waals surface area contributed by atoms with Crippen LogP contribution in [0.2, 0.25) is 0 Å². The first kappa shape index (κ1) is 16.9. The summed E-state index contributed by atoms with van der Waals surface area (Å²) < 4.78 is 32.3. The average molecular weight is 311 g/mol. The van der Waals surface area contributed by atoms with Gasteiger partial charge in [-0.15, -0.1) is 0 Å². The highest BCUT2D eigenvalue weighted by atomic mass is 19.3. The number of halogens is 2. The second-order valence-electron chi connectivity index (χ2n) is 5.86. The van der Waals surface area contributed by atoms with E-state index in [0.717, 1.165) is 5.56 Å². The monoisotopic (exact) mass is 311 g/mol. The summed E-state index contributed by atoms with van der Waals surface area (Å²) in [5, 5.41) is 3.33. The molecule has 5 heteroatoms. The van der Waals surface area contributed by atoms with Crippen LogP contribution in [0.15, 0.2) is 30.3 Å². The highest BCUT2D eigenvalue weighted by Crippen LogP contribution is 2.38. The molecule has 1 aromatic rings. The zero-order valence-corrected chi connectivity index (χ0v) is 13.0. The number of alkyl halides is 2. The fourth-order valence-corrected chi connectivity index (χ4v) is 2.99. The number of hydrogen-bond acceptors (Lipinski definition) is 3. The summed E-state index contributed by atoms with van der Waals surface area (Å²) in [6.45, 7) is 3.88. The molecule has 2 unspecified atom stereocenters. The maximum Gasteiger partial charge on any atom is 0.310 e. The molecule has 1 aromatic carbocycles. The quantitative estimate of drug-likeness (QED) is 0.843. The zero-order valence-electron chi connectivity index (χ0n) is 13.0. The lowest BCUT2D eigenvalue weighted by atomic mass is 9.81. The zero-order chi connectivity index (χ0) is 16.2. The molecule has 0 saturated heterocycles. The first-order chi connectivity index (χ1) is 10.4. The maximum atomic E-state index is 13.7. The van der Waals surface area contributed by atoms with Gasteiger partial charge >= 0.3 is 5.97 Å². The van der Waals surface area contributed by atoms with Gasteiger partial charge in [0.2, 0.25) is 5.92 Å². The van der Waals surface area contributed by atoms with Crippen molar-refractivity contribution in [3.05, 3.63) is 35.9 Å². The van der Waals surface area contributed by atoms with Gasteiger partial charge in [-0.2, -0.15) is 0 Å². The Morgan fingerprint density at radius 1 is 1.41 bits per heavy atom. The van der Waals surface area contributed by atoms with Gasteiger partial charge < -0.3 is 10.1 Å². The van der Waals surface area contributed by atoms with Crippen molar-refractivity contribution in [2.75, 3.05) is 6.61 Å². The molecule has 2 rings (SSSR count). The van der Waals surface area contributed by atoms with E-state index in [2.05, 4.69) is 5.32 Å². The SMILES string of the molecule is CCOC(=O)C1CC(F)(F)CCC1N[C@@H](C)c1ccccc1. The van der Waals surface area contributed by atoms with Gasteiger partial charge in [0, 0.05) is 24.9 Å². The molecular formula is C17H23F2NO2. The minimum absolute atomic E-state index is 0.00477. The van der Waals surface area contributed by atoms with E-state index in [9.17, 15) is 13.6 Å². The van der Waals surface area contributed by atoms with E-state index in [4.69, 9.17) is 4.74 Å². The number of benzene rings is 1. The Hall–Kier alpha value is -1.49. The number of esters is 1. The van der Waals surface area contributed by atoms with E-state index in [0.29, 0.717) is 0 Å². The van der Waals surface area contributed by atoms with Crippen molar-refractivity contribution in [3.63, 3.8) is 0 Å². The van der Waals surface area contributed by atoms with Gasteiger partial charge in [0.05, 0.1) is 12.5 Å². The van der Waals surface area contributed by atoms with E-state index >= 15 is 0 Å². The lowest BCUT2D eigenvalue weighted by Crippen LogP contribution is -2.48. The maximum absolute atomic E-state index is 13.7. The Morgan fingerprint density at radius 3 is 2.73 bits per heavy atom. The fraction of sp³-hybridized carbons (Fsp3) is 0.588. The van der Waals surface area contributed by atoms with E-state index < -0.39 is 24.2 Å². The van der Waals surface area contributed by atoms with Crippen LogP contribution < -0.4 is 5.32 Å². The van der Waals surface area contributed by atoms with Crippen molar-refractivity contribution in [1.29, 1.82) is 0 Å². The van der Waals surface area contributed by atoms with Crippen molar-refractivity contribution in [2.45, 2.75) is 51.1 Å². The molecule has 0 radical (unpaired) electrons. The van der Waals surface area contributed by atoms with E-state index in [1.54, 1.807) is 6.92 Å². The molecule has 3 nitrogen and oxygen atoms in total. The summed E-state index contributed by atoms with van der Waals surface area (Å²) >= 11 is 0. The third kappa shape index (κ3) is 4.26. The van der Waals surface area contributed by atoms with Crippen LogP contribution in [0.25, 0.3) is 0 Å². The summed E-state index contributed by atoms with van der Waals surface area (Å²) in [6.07, 6.45) is -0.360. The Labute approximate surface area is 130 Å². The van der Waals surface area contributed by atoms with Crippen LogP contribution in [0, 0.1) is 5.92 Å². The number of nitrogens with one attached hydrogen (secondary N) is 1. The number of ether oxygens (including phenoxy) is 1. The molecule has 0 spiro atoms. The predicted octanol–water partition coefficient (Wildman–Crippen LogP) is 3.70. The van der Waals surface area contributed by atoms with Gasteiger partial charge in [0.15, 0.2) is 0 Å². The summed E-state index contributed by atoms with van der Waals surface area (Å²) in [5.74, 6) is -4.11. The van der Waals surface area contributed by atoms with Crippen LogP contribution in [-0.2, 0) is 9.53 Å². The topological polar surface area (TPSA) is 38.3 Å². The third-order valence-electron chi connectivity index (χ3n) is 4.18. The van der Waals surface area contributed by atoms with Crippen LogP contribution in [0.1, 0.15) is 44.7 Å². The molecule has 1 saturated carbocycles. The van der Waals surface area contributed by atoms with E-state index in [1.165, 1.54) is 0 Å². The van der Waals surface area contributed by atoms with Gasteiger partial charge in [-0.3, -0.25) is 4.79 Å². The molecule has 0 heterocycles. The van der Waals surface area contributed by atoms with Crippen LogP contribution in [0.5, 0.6) is 0 Å². The molecule has 122 valence electrons. The smallest absolute Gasteiger partial charge is 0.310 e. The molecule has 0 aromatic heterocycles. The average Bonchev–Trinajstić information content (AvgIpc) is 2.50. The van der Waals surface area contributed by atoms with E-state index in [1.807, 2.05) is 37.3 Å². The highest BCUT2D eigenvalue weighted by Gasteiger charge is 2.45. The third-order valence-corrected chi connectivity index (χ3v) is 4.18. The van der Waals surface area contributed by atoms with Crippen molar-refractivity contribution in [3.8, 4) is 0 Å². The van der Waals surface area contributed by atoms with Crippen molar-refractivity contribution in [2.24, 2.45) is 5.92 Å². The molecule has 3 atom stereocenters. The molecule has 1 fully saturated rings.